The average molecular weight is 373 g/mol. The van der Waals surface area contributed by atoms with Crippen LogP contribution in [0.4, 0.5) is 11.9 Å². The van der Waals surface area contributed by atoms with Crippen LogP contribution in [0, 0.1) is 0 Å². The summed E-state index contributed by atoms with van der Waals surface area (Å²) >= 11 is 0. The summed E-state index contributed by atoms with van der Waals surface area (Å²) in [4.78, 5) is 24.7. The molecule has 146 valence electrons. The number of hydrogen-bond acceptors (Lipinski definition) is 8. The van der Waals surface area contributed by atoms with Crippen molar-refractivity contribution in [1.29, 1.82) is 0 Å². The summed E-state index contributed by atoms with van der Waals surface area (Å²) in [6.45, 7) is 12.1. The van der Waals surface area contributed by atoms with Gasteiger partial charge in [0.1, 0.15) is 5.75 Å². The zero-order valence-electron chi connectivity index (χ0n) is 16.7. The van der Waals surface area contributed by atoms with E-state index in [1.807, 2.05) is 34.6 Å². The Hall–Kier alpha value is -2.90. The number of anilines is 2. The highest BCUT2D eigenvalue weighted by molar-refractivity contribution is 5.89. The van der Waals surface area contributed by atoms with Gasteiger partial charge in [0.15, 0.2) is 0 Å². The molecule has 8 nitrogen and oxygen atoms in total. The molecule has 0 saturated carbocycles. The van der Waals surface area contributed by atoms with E-state index in [-0.39, 0.29) is 23.6 Å². The van der Waals surface area contributed by atoms with Gasteiger partial charge in [-0.3, -0.25) is 0 Å². The highest BCUT2D eigenvalue weighted by Crippen LogP contribution is 2.22. The molecule has 2 N–H and O–H groups in total. The Bertz CT molecular complexity index is 770. The van der Waals surface area contributed by atoms with Crippen LogP contribution in [-0.2, 0) is 4.74 Å². The van der Waals surface area contributed by atoms with Gasteiger partial charge in [0, 0.05) is 11.6 Å². The lowest BCUT2D eigenvalue weighted by Crippen LogP contribution is -2.28. The van der Waals surface area contributed by atoms with E-state index < -0.39 is 0 Å². The van der Waals surface area contributed by atoms with Crippen molar-refractivity contribution in [3.8, 4) is 11.8 Å². The van der Waals surface area contributed by atoms with Gasteiger partial charge in [0.2, 0.25) is 11.9 Å². The summed E-state index contributed by atoms with van der Waals surface area (Å²) in [6, 6.07) is 6.92. The summed E-state index contributed by atoms with van der Waals surface area (Å²) in [5, 5.41) is 6.37. The normalized spacial score (nSPS) is 11.2. The molecule has 0 saturated heterocycles. The molecule has 1 aromatic heterocycles. The molecule has 0 fully saturated rings. The van der Waals surface area contributed by atoms with Crippen LogP contribution in [-0.4, -0.2) is 39.1 Å². The number of nitrogens with zero attached hydrogens (tertiary/aromatic N) is 3. The van der Waals surface area contributed by atoms with Gasteiger partial charge in [-0.25, -0.2) is 4.79 Å². The quantitative estimate of drug-likeness (QED) is 0.706. The smallest absolute Gasteiger partial charge is 0.338 e. The molecule has 0 radical (unpaired) electrons. The number of esters is 1. The molecule has 2 aromatic rings. The first-order valence-electron chi connectivity index (χ1n) is 8.92. The van der Waals surface area contributed by atoms with Gasteiger partial charge >= 0.3 is 12.0 Å². The molecule has 0 unspecified atom stereocenters. The molecular formula is C19H27N5O3. The first kappa shape index (κ1) is 20.4. The molecule has 0 amide bonds. The number of benzene rings is 1. The maximum absolute atomic E-state index is 11.7. The van der Waals surface area contributed by atoms with Gasteiger partial charge in [-0.2, -0.15) is 15.0 Å². The lowest BCUT2D eigenvalue weighted by molar-refractivity contribution is 0.0526. The Morgan fingerprint density at radius 1 is 1.07 bits per heavy atom. The van der Waals surface area contributed by atoms with Crippen molar-refractivity contribution in [2.75, 3.05) is 17.2 Å². The lowest BCUT2D eigenvalue weighted by Gasteiger charge is -2.21. The van der Waals surface area contributed by atoms with Crippen LogP contribution in [0.3, 0.4) is 0 Å². The SMILES string of the molecule is CCOC(=O)c1ccc(Oc2nc(NC(C)C)nc(NC(C)(C)C)n2)cc1. The van der Waals surface area contributed by atoms with Crippen molar-refractivity contribution >= 4 is 17.9 Å². The van der Waals surface area contributed by atoms with E-state index in [1.54, 1.807) is 31.2 Å². The highest BCUT2D eigenvalue weighted by Gasteiger charge is 2.15. The van der Waals surface area contributed by atoms with Crippen LogP contribution >= 0.6 is 0 Å². The van der Waals surface area contributed by atoms with Gasteiger partial charge in [-0.15, -0.1) is 0 Å². The van der Waals surface area contributed by atoms with E-state index in [4.69, 9.17) is 9.47 Å². The lowest BCUT2D eigenvalue weighted by atomic mass is 10.1. The Kier molecular flexibility index (Phi) is 6.55. The minimum Gasteiger partial charge on any atom is -0.462 e. The molecule has 1 heterocycles. The molecular weight excluding hydrogens is 346 g/mol. The van der Waals surface area contributed by atoms with E-state index in [2.05, 4.69) is 25.6 Å². The summed E-state index contributed by atoms with van der Waals surface area (Å²) in [7, 11) is 0. The summed E-state index contributed by atoms with van der Waals surface area (Å²) in [5.41, 5.74) is 0.242. The number of hydrogen-bond donors (Lipinski definition) is 2. The maximum atomic E-state index is 11.7. The summed E-state index contributed by atoms with van der Waals surface area (Å²) < 4.78 is 10.7. The van der Waals surface area contributed by atoms with Crippen molar-refractivity contribution < 1.29 is 14.3 Å². The fourth-order valence-electron chi connectivity index (χ4n) is 2.10. The van der Waals surface area contributed by atoms with E-state index in [0.717, 1.165) is 0 Å². The average Bonchev–Trinajstić information content (AvgIpc) is 2.53. The van der Waals surface area contributed by atoms with Crippen molar-refractivity contribution in [2.45, 2.75) is 53.1 Å². The Morgan fingerprint density at radius 2 is 1.70 bits per heavy atom. The molecule has 1 aromatic carbocycles. The van der Waals surface area contributed by atoms with Crippen molar-refractivity contribution in [3.05, 3.63) is 29.8 Å². The van der Waals surface area contributed by atoms with Crippen molar-refractivity contribution in [2.24, 2.45) is 0 Å². The predicted molar refractivity (Wildman–Crippen MR) is 104 cm³/mol. The minimum absolute atomic E-state index is 0.156. The molecule has 27 heavy (non-hydrogen) atoms. The molecule has 0 atom stereocenters. The second-order valence-electron chi connectivity index (χ2n) is 7.29. The number of ether oxygens (including phenoxy) is 2. The zero-order chi connectivity index (χ0) is 20.0. The van der Waals surface area contributed by atoms with E-state index in [1.165, 1.54) is 0 Å². The Balaban J connectivity index is 2.23. The summed E-state index contributed by atoms with van der Waals surface area (Å²) in [6.07, 6.45) is 0. The van der Waals surface area contributed by atoms with Crippen molar-refractivity contribution in [3.63, 3.8) is 0 Å². The highest BCUT2D eigenvalue weighted by atomic mass is 16.5. The van der Waals surface area contributed by atoms with Gasteiger partial charge in [0.05, 0.1) is 12.2 Å². The molecule has 0 aliphatic carbocycles. The van der Waals surface area contributed by atoms with E-state index in [0.29, 0.717) is 29.8 Å². The zero-order valence-corrected chi connectivity index (χ0v) is 16.7. The molecule has 0 aliphatic heterocycles. The van der Waals surface area contributed by atoms with Crippen LogP contribution in [0.5, 0.6) is 11.8 Å². The van der Waals surface area contributed by atoms with Crippen LogP contribution in [0.25, 0.3) is 0 Å². The van der Waals surface area contributed by atoms with Gasteiger partial charge in [-0.05, 0) is 65.8 Å². The second kappa shape index (κ2) is 8.66. The second-order valence-corrected chi connectivity index (χ2v) is 7.29. The van der Waals surface area contributed by atoms with Crippen LogP contribution in [0.2, 0.25) is 0 Å². The monoisotopic (exact) mass is 373 g/mol. The number of aromatic nitrogens is 3. The van der Waals surface area contributed by atoms with Crippen LogP contribution in [0.1, 0.15) is 51.9 Å². The van der Waals surface area contributed by atoms with Gasteiger partial charge in [-0.1, -0.05) is 0 Å². The fourth-order valence-corrected chi connectivity index (χ4v) is 2.10. The van der Waals surface area contributed by atoms with Gasteiger partial charge < -0.3 is 20.1 Å². The Morgan fingerprint density at radius 3 is 2.26 bits per heavy atom. The number of rotatable bonds is 7. The van der Waals surface area contributed by atoms with Crippen LogP contribution in [0.15, 0.2) is 24.3 Å². The fraction of sp³-hybridized carbons (Fsp3) is 0.474. The number of carbonyl (C=O) groups is 1. The van der Waals surface area contributed by atoms with E-state index in [9.17, 15) is 4.79 Å². The topological polar surface area (TPSA) is 98.3 Å². The number of carbonyl (C=O) groups excluding carboxylic acids is 1. The molecule has 0 aliphatic rings. The molecule has 0 bridgehead atoms. The maximum Gasteiger partial charge on any atom is 0.338 e. The van der Waals surface area contributed by atoms with Gasteiger partial charge in [0.25, 0.3) is 0 Å². The Labute approximate surface area is 159 Å². The molecule has 0 spiro atoms. The third-order valence-electron chi connectivity index (χ3n) is 3.09. The largest absolute Gasteiger partial charge is 0.462 e. The predicted octanol–water partition coefficient (Wildman–Crippen LogP) is 3.87. The molecule has 2 rings (SSSR count). The first-order valence-corrected chi connectivity index (χ1v) is 8.92. The first-order chi connectivity index (χ1) is 12.7. The molecule has 8 heteroatoms. The van der Waals surface area contributed by atoms with Crippen LogP contribution < -0.4 is 15.4 Å². The van der Waals surface area contributed by atoms with E-state index >= 15 is 0 Å². The summed E-state index contributed by atoms with van der Waals surface area (Å²) in [5.74, 6) is 0.972. The number of nitrogens with one attached hydrogen (secondary N) is 2. The third-order valence-corrected chi connectivity index (χ3v) is 3.09. The van der Waals surface area contributed by atoms with Crippen molar-refractivity contribution in [1.82, 2.24) is 15.0 Å². The standard InChI is InChI=1S/C19H27N5O3/c1-7-26-15(25)13-8-10-14(11-9-13)27-18-22-16(20-12(2)3)21-17(23-18)24-19(4,5)6/h8-12H,7H2,1-6H3,(H2,20,21,22,23,24). The third kappa shape index (κ3) is 6.73. The minimum atomic E-state index is -0.371.